The summed E-state index contributed by atoms with van der Waals surface area (Å²) in [5, 5.41) is 0. The van der Waals surface area contributed by atoms with Crippen molar-refractivity contribution in [2.24, 2.45) is 11.7 Å². The Kier molecular flexibility index (Phi) is 3.52. The van der Waals surface area contributed by atoms with Crippen molar-refractivity contribution >= 4 is 5.91 Å². The topological polar surface area (TPSA) is 49.6 Å². The van der Waals surface area contributed by atoms with E-state index in [0.717, 1.165) is 31.6 Å². The average molecular weight is 273 g/mol. The van der Waals surface area contributed by atoms with E-state index in [4.69, 9.17) is 5.73 Å². The molecule has 1 aromatic rings. The summed E-state index contributed by atoms with van der Waals surface area (Å²) in [5.41, 5.74) is 9.50. The number of hydrogen-bond donors (Lipinski definition) is 1. The van der Waals surface area contributed by atoms with Gasteiger partial charge in [0.2, 0.25) is 0 Å². The maximum absolute atomic E-state index is 12.5. The standard InChI is InChI=1S/C16H23N3O/c1-11-8-19(10-15(11)17)16(20)13-3-4-14-9-18(2)6-5-12(14)7-13/h3-4,7,11,15H,5-6,8-10,17H2,1-2H3/t11-,15-/m0/s1. The van der Waals surface area contributed by atoms with Crippen molar-refractivity contribution in [2.45, 2.75) is 25.9 Å². The lowest BCUT2D eigenvalue weighted by atomic mass is 9.97. The van der Waals surface area contributed by atoms with Crippen LogP contribution in [0.5, 0.6) is 0 Å². The maximum atomic E-state index is 12.5. The van der Waals surface area contributed by atoms with E-state index < -0.39 is 0 Å². The third kappa shape index (κ3) is 2.45. The number of nitrogens with zero attached hydrogens (tertiary/aromatic N) is 2. The number of benzene rings is 1. The summed E-state index contributed by atoms with van der Waals surface area (Å²) in [6, 6.07) is 6.27. The summed E-state index contributed by atoms with van der Waals surface area (Å²) in [5.74, 6) is 0.525. The molecule has 2 heterocycles. The van der Waals surface area contributed by atoms with Gasteiger partial charge in [0.05, 0.1) is 0 Å². The molecule has 1 saturated heterocycles. The van der Waals surface area contributed by atoms with E-state index in [0.29, 0.717) is 12.5 Å². The molecule has 1 aromatic carbocycles. The number of carbonyl (C=O) groups excluding carboxylic acids is 1. The highest BCUT2D eigenvalue weighted by atomic mass is 16.2. The zero-order valence-electron chi connectivity index (χ0n) is 12.3. The lowest BCUT2D eigenvalue weighted by Crippen LogP contribution is -2.32. The van der Waals surface area contributed by atoms with Gasteiger partial charge in [-0.2, -0.15) is 0 Å². The van der Waals surface area contributed by atoms with E-state index in [1.165, 1.54) is 11.1 Å². The monoisotopic (exact) mass is 273 g/mol. The van der Waals surface area contributed by atoms with Gasteiger partial charge >= 0.3 is 0 Å². The highest BCUT2D eigenvalue weighted by Crippen LogP contribution is 2.22. The number of fused-ring (bicyclic) bond motifs is 1. The van der Waals surface area contributed by atoms with E-state index in [-0.39, 0.29) is 11.9 Å². The molecular formula is C16H23N3O. The molecule has 3 rings (SSSR count). The summed E-state index contributed by atoms with van der Waals surface area (Å²) in [4.78, 5) is 16.8. The predicted molar refractivity (Wildman–Crippen MR) is 79.5 cm³/mol. The molecule has 0 saturated carbocycles. The molecule has 2 aliphatic rings. The van der Waals surface area contributed by atoms with Gasteiger partial charge in [-0.25, -0.2) is 0 Å². The summed E-state index contributed by atoms with van der Waals surface area (Å²) >= 11 is 0. The second kappa shape index (κ2) is 5.19. The van der Waals surface area contributed by atoms with E-state index >= 15 is 0 Å². The first-order valence-electron chi connectivity index (χ1n) is 7.40. The fraction of sp³-hybridized carbons (Fsp3) is 0.562. The molecule has 0 unspecified atom stereocenters. The zero-order chi connectivity index (χ0) is 14.3. The Morgan fingerprint density at radius 2 is 2.10 bits per heavy atom. The van der Waals surface area contributed by atoms with E-state index in [1.807, 2.05) is 11.0 Å². The normalized spacial score (nSPS) is 26.6. The molecule has 4 heteroatoms. The molecule has 1 amide bonds. The van der Waals surface area contributed by atoms with Crippen molar-refractivity contribution < 1.29 is 4.79 Å². The minimum atomic E-state index is 0.116. The van der Waals surface area contributed by atoms with Crippen molar-refractivity contribution in [2.75, 3.05) is 26.7 Å². The number of carbonyl (C=O) groups is 1. The molecule has 2 aliphatic heterocycles. The maximum Gasteiger partial charge on any atom is 0.253 e. The van der Waals surface area contributed by atoms with Crippen LogP contribution in [0, 0.1) is 5.92 Å². The number of likely N-dealkylation sites (N-methyl/N-ethyl adjacent to an activating group) is 1. The highest BCUT2D eigenvalue weighted by Gasteiger charge is 2.30. The van der Waals surface area contributed by atoms with Crippen LogP contribution in [0.1, 0.15) is 28.4 Å². The number of hydrogen-bond acceptors (Lipinski definition) is 3. The molecule has 0 aliphatic carbocycles. The molecule has 1 fully saturated rings. The molecule has 0 radical (unpaired) electrons. The Bertz CT molecular complexity index is 518. The first-order valence-corrected chi connectivity index (χ1v) is 7.40. The molecule has 20 heavy (non-hydrogen) atoms. The van der Waals surface area contributed by atoms with Gasteiger partial charge in [0.25, 0.3) is 5.91 Å². The number of amides is 1. The second-order valence-electron chi connectivity index (χ2n) is 6.32. The van der Waals surface area contributed by atoms with Crippen molar-refractivity contribution in [3.8, 4) is 0 Å². The van der Waals surface area contributed by atoms with Crippen LogP contribution >= 0.6 is 0 Å². The van der Waals surface area contributed by atoms with E-state index in [1.54, 1.807) is 0 Å². The van der Waals surface area contributed by atoms with Crippen LogP contribution < -0.4 is 5.73 Å². The fourth-order valence-corrected chi connectivity index (χ4v) is 3.17. The average Bonchev–Trinajstić information content (AvgIpc) is 2.77. The van der Waals surface area contributed by atoms with Crippen molar-refractivity contribution in [3.63, 3.8) is 0 Å². The highest BCUT2D eigenvalue weighted by molar-refractivity contribution is 5.94. The Labute approximate surface area is 120 Å². The van der Waals surface area contributed by atoms with Crippen LogP contribution in [0.4, 0.5) is 0 Å². The third-order valence-corrected chi connectivity index (χ3v) is 4.61. The Hall–Kier alpha value is -1.39. The second-order valence-corrected chi connectivity index (χ2v) is 6.32. The molecule has 0 bridgehead atoms. The van der Waals surface area contributed by atoms with Crippen molar-refractivity contribution in [1.82, 2.24) is 9.80 Å². The van der Waals surface area contributed by atoms with Gasteiger partial charge in [-0.05, 0) is 42.6 Å². The van der Waals surface area contributed by atoms with Crippen LogP contribution in [-0.4, -0.2) is 48.4 Å². The van der Waals surface area contributed by atoms with Crippen LogP contribution in [0.15, 0.2) is 18.2 Å². The van der Waals surface area contributed by atoms with Gasteiger partial charge in [0.1, 0.15) is 0 Å². The van der Waals surface area contributed by atoms with Gasteiger partial charge < -0.3 is 15.5 Å². The van der Waals surface area contributed by atoms with E-state index in [9.17, 15) is 4.79 Å². The quantitative estimate of drug-likeness (QED) is 0.833. The molecule has 2 atom stereocenters. The Balaban J connectivity index is 1.79. The van der Waals surface area contributed by atoms with Crippen molar-refractivity contribution in [3.05, 3.63) is 34.9 Å². The first-order chi connectivity index (χ1) is 9.54. The van der Waals surface area contributed by atoms with Gasteiger partial charge in [0.15, 0.2) is 0 Å². The molecule has 0 aromatic heterocycles. The minimum absolute atomic E-state index is 0.116. The summed E-state index contributed by atoms with van der Waals surface area (Å²) < 4.78 is 0. The third-order valence-electron chi connectivity index (χ3n) is 4.61. The molecule has 0 spiro atoms. The summed E-state index contributed by atoms with van der Waals surface area (Å²) in [6.45, 7) is 5.62. The minimum Gasteiger partial charge on any atom is -0.337 e. The lowest BCUT2D eigenvalue weighted by Gasteiger charge is -2.25. The summed E-state index contributed by atoms with van der Waals surface area (Å²) in [6.07, 6.45) is 1.03. The van der Waals surface area contributed by atoms with Crippen LogP contribution in [-0.2, 0) is 13.0 Å². The number of likely N-dealkylation sites (tertiary alicyclic amines) is 1. The smallest absolute Gasteiger partial charge is 0.253 e. The van der Waals surface area contributed by atoms with Crippen molar-refractivity contribution in [1.29, 1.82) is 0 Å². The van der Waals surface area contributed by atoms with Crippen LogP contribution in [0.3, 0.4) is 0 Å². The fourth-order valence-electron chi connectivity index (χ4n) is 3.17. The molecular weight excluding hydrogens is 250 g/mol. The molecule has 2 N–H and O–H groups in total. The van der Waals surface area contributed by atoms with E-state index in [2.05, 4.69) is 31.0 Å². The number of rotatable bonds is 1. The van der Waals surface area contributed by atoms with Crippen LogP contribution in [0.25, 0.3) is 0 Å². The predicted octanol–water partition coefficient (Wildman–Crippen LogP) is 1.09. The molecule has 4 nitrogen and oxygen atoms in total. The SMILES string of the molecule is C[C@H]1CN(C(=O)c2ccc3c(c2)CCN(C)C3)C[C@@H]1N. The Morgan fingerprint density at radius 3 is 2.80 bits per heavy atom. The van der Waals surface area contributed by atoms with Gasteiger partial charge in [-0.15, -0.1) is 0 Å². The summed E-state index contributed by atoms with van der Waals surface area (Å²) in [7, 11) is 2.13. The first kappa shape index (κ1) is 13.6. The largest absolute Gasteiger partial charge is 0.337 e. The zero-order valence-corrected chi connectivity index (χ0v) is 12.3. The van der Waals surface area contributed by atoms with Gasteiger partial charge in [-0.3, -0.25) is 4.79 Å². The lowest BCUT2D eigenvalue weighted by molar-refractivity contribution is 0.0786. The van der Waals surface area contributed by atoms with Crippen LogP contribution in [0.2, 0.25) is 0 Å². The molecule has 108 valence electrons. The number of nitrogens with two attached hydrogens (primary N) is 1. The van der Waals surface area contributed by atoms with Gasteiger partial charge in [0, 0.05) is 37.8 Å². The van der Waals surface area contributed by atoms with Gasteiger partial charge in [-0.1, -0.05) is 13.0 Å². The Morgan fingerprint density at radius 1 is 1.30 bits per heavy atom.